The van der Waals surface area contributed by atoms with Crippen LogP contribution in [0.25, 0.3) is 99.8 Å². The zero-order valence-electron chi connectivity index (χ0n) is 38.7. The highest BCUT2D eigenvalue weighted by molar-refractivity contribution is 6.04. The number of hydrogen-bond donors (Lipinski definition) is 0. The van der Waals surface area contributed by atoms with E-state index in [4.69, 9.17) is 29.9 Å². The minimum absolute atomic E-state index is 0.754. The van der Waals surface area contributed by atoms with Crippen molar-refractivity contribution in [2.45, 2.75) is 33.1 Å². The molecule has 12 aromatic rings. The molecule has 6 nitrogen and oxygen atoms in total. The van der Waals surface area contributed by atoms with E-state index in [2.05, 4.69) is 184 Å². The van der Waals surface area contributed by atoms with Crippen molar-refractivity contribution in [1.29, 1.82) is 0 Å². The smallest absolute Gasteiger partial charge is 0.0972 e. The summed E-state index contributed by atoms with van der Waals surface area (Å²) in [6, 6.07) is 65.5. The van der Waals surface area contributed by atoms with E-state index in [0.717, 1.165) is 122 Å². The van der Waals surface area contributed by atoms with Gasteiger partial charge < -0.3 is 0 Å². The highest BCUT2D eigenvalue weighted by atomic mass is 14.8. The first-order valence-electron chi connectivity index (χ1n) is 23.5. The maximum atomic E-state index is 5.34. The molecule has 0 saturated heterocycles. The van der Waals surface area contributed by atoms with Crippen molar-refractivity contribution in [3.05, 3.63) is 239 Å². The van der Waals surface area contributed by atoms with Crippen molar-refractivity contribution in [2.24, 2.45) is 0 Å². The van der Waals surface area contributed by atoms with Gasteiger partial charge in [-0.2, -0.15) is 0 Å². The van der Waals surface area contributed by atoms with E-state index < -0.39 is 5.41 Å². The molecular formula is C63H44N6. The van der Waals surface area contributed by atoms with E-state index >= 15 is 0 Å². The maximum Gasteiger partial charge on any atom is 0.0972 e. The normalized spacial score (nSPS) is 12.8. The molecule has 1 aliphatic rings. The number of nitrogens with zero attached hydrogens (tertiary/aromatic N) is 6. The van der Waals surface area contributed by atoms with Gasteiger partial charge in [0, 0.05) is 67.6 Å². The second kappa shape index (κ2) is 15.7. The van der Waals surface area contributed by atoms with Crippen LogP contribution in [0, 0.1) is 27.7 Å². The molecule has 0 aliphatic heterocycles. The van der Waals surface area contributed by atoms with Crippen LogP contribution in [-0.4, -0.2) is 29.9 Å². The van der Waals surface area contributed by atoms with E-state index in [1.807, 2.05) is 38.4 Å². The molecule has 0 radical (unpaired) electrons. The summed E-state index contributed by atoms with van der Waals surface area (Å²) in [5, 5.41) is 4.31. The van der Waals surface area contributed by atoms with Gasteiger partial charge in [-0.3, -0.25) is 19.9 Å². The minimum Gasteiger partial charge on any atom is -0.256 e. The molecule has 0 spiro atoms. The standard InChI is InChI=1S/C63H44N6/c1-37-33-47(23-27-49(37)57-29-21-43-17-15-41-13-11-39(3)66-59(41)61(43)68-57)63(48-24-28-50(38(2)34-48)58-30-22-44-18-16-42-14-12-40(4)67-60(42)62(44)69-58)53-35-45(55-9-5-7-31-64-55)19-25-51(53)52-26-20-46(36-54(52)63)56-10-6-8-32-65-56/h5-36H,1-4H3. The highest BCUT2D eigenvalue weighted by Gasteiger charge is 2.47. The molecular weight excluding hydrogens is 841 g/mol. The zero-order valence-corrected chi connectivity index (χ0v) is 38.7. The summed E-state index contributed by atoms with van der Waals surface area (Å²) in [5.41, 5.74) is 22.2. The lowest BCUT2D eigenvalue weighted by Gasteiger charge is -2.35. The molecule has 6 heteroatoms. The average Bonchev–Trinajstić information content (AvgIpc) is 3.68. The van der Waals surface area contributed by atoms with Crippen LogP contribution in [0.3, 0.4) is 0 Å². The third-order valence-corrected chi connectivity index (χ3v) is 14.2. The summed E-state index contributed by atoms with van der Waals surface area (Å²) in [6.07, 6.45) is 3.74. The summed E-state index contributed by atoms with van der Waals surface area (Å²) in [5.74, 6) is 0. The van der Waals surface area contributed by atoms with Crippen molar-refractivity contribution in [3.8, 4) is 56.2 Å². The molecule has 0 atom stereocenters. The van der Waals surface area contributed by atoms with Crippen molar-refractivity contribution in [1.82, 2.24) is 29.9 Å². The fraction of sp³-hybridized carbons (Fsp3) is 0.0794. The lowest BCUT2D eigenvalue weighted by Crippen LogP contribution is -2.29. The Hall–Kier alpha value is -8.74. The van der Waals surface area contributed by atoms with Crippen LogP contribution in [0.15, 0.2) is 194 Å². The van der Waals surface area contributed by atoms with Gasteiger partial charge in [0.05, 0.1) is 50.3 Å². The van der Waals surface area contributed by atoms with Gasteiger partial charge in [0.25, 0.3) is 0 Å². The average molecular weight is 885 g/mol. The molecule has 0 unspecified atom stereocenters. The Labute approximate surface area is 400 Å². The molecule has 1 aliphatic carbocycles. The topological polar surface area (TPSA) is 77.3 Å². The predicted molar refractivity (Wildman–Crippen MR) is 281 cm³/mol. The fourth-order valence-electron chi connectivity index (χ4n) is 10.9. The molecule has 13 rings (SSSR count). The Morgan fingerprint density at radius 2 is 0.710 bits per heavy atom. The molecule has 0 fully saturated rings. The van der Waals surface area contributed by atoms with Crippen LogP contribution in [0.4, 0.5) is 0 Å². The van der Waals surface area contributed by atoms with E-state index in [1.165, 1.54) is 22.3 Å². The summed E-state index contributed by atoms with van der Waals surface area (Å²) < 4.78 is 0. The zero-order chi connectivity index (χ0) is 46.4. The Balaban J connectivity index is 1.06. The number of aryl methyl sites for hydroxylation is 4. The van der Waals surface area contributed by atoms with Gasteiger partial charge >= 0.3 is 0 Å². The number of benzene rings is 6. The van der Waals surface area contributed by atoms with Crippen molar-refractivity contribution >= 4 is 43.6 Å². The van der Waals surface area contributed by atoms with Gasteiger partial charge in [-0.1, -0.05) is 121 Å². The predicted octanol–water partition coefficient (Wildman–Crippen LogP) is 14.9. The SMILES string of the molecule is Cc1ccc2ccc3ccc(-c4ccc(C5(c6ccc(-c7ccc8ccc9ccc(C)nc9c8n7)c(C)c6)c6cc(-c7ccccn7)ccc6-c6ccc(-c7ccccn7)cc65)cc4C)nc3c2n1. The lowest BCUT2D eigenvalue weighted by atomic mass is 9.66. The van der Waals surface area contributed by atoms with Crippen molar-refractivity contribution in [3.63, 3.8) is 0 Å². The van der Waals surface area contributed by atoms with Gasteiger partial charge in [0.15, 0.2) is 0 Å². The molecule has 0 N–H and O–H groups in total. The summed E-state index contributed by atoms with van der Waals surface area (Å²) in [6.45, 7) is 8.51. The highest BCUT2D eigenvalue weighted by Crippen LogP contribution is 2.58. The van der Waals surface area contributed by atoms with Crippen LogP contribution in [0.1, 0.15) is 44.8 Å². The second-order valence-electron chi connectivity index (χ2n) is 18.5. The van der Waals surface area contributed by atoms with Crippen LogP contribution in [0.5, 0.6) is 0 Å². The molecule has 0 saturated carbocycles. The van der Waals surface area contributed by atoms with E-state index in [-0.39, 0.29) is 0 Å². The summed E-state index contributed by atoms with van der Waals surface area (Å²) >= 11 is 0. The number of aromatic nitrogens is 6. The molecule has 6 aromatic heterocycles. The van der Waals surface area contributed by atoms with E-state index in [9.17, 15) is 0 Å². The third-order valence-electron chi connectivity index (χ3n) is 14.2. The lowest BCUT2D eigenvalue weighted by molar-refractivity contribution is 0.767. The van der Waals surface area contributed by atoms with Crippen molar-refractivity contribution < 1.29 is 0 Å². The Kier molecular flexibility index (Phi) is 9.21. The molecule has 6 heterocycles. The van der Waals surface area contributed by atoms with Crippen molar-refractivity contribution in [2.75, 3.05) is 0 Å². The monoisotopic (exact) mass is 884 g/mol. The van der Waals surface area contributed by atoms with Gasteiger partial charge in [-0.25, -0.2) is 9.97 Å². The van der Waals surface area contributed by atoms with Crippen LogP contribution >= 0.6 is 0 Å². The Bertz CT molecular complexity index is 3800. The maximum absolute atomic E-state index is 5.34. The first-order chi connectivity index (χ1) is 33.8. The molecule has 69 heavy (non-hydrogen) atoms. The van der Waals surface area contributed by atoms with Gasteiger partial charge in [-0.05, 0) is 133 Å². The molecule has 6 aromatic carbocycles. The van der Waals surface area contributed by atoms with Crippen LogP contribution in [0.2, 0.25) is 0 Å². The van der Waals surface area contributed by atoms with E-state index in [1.54, 1.807) is 0 Å². The Morgan fingerprint density at radius 3 is 1.12 bits per heavy atom. The molecule has 0 amide bonds. The minimum atomic E-state index is -0.754. The second-order valence-corrected chi connectivity index (χ2v) is 18.5. The largest absolute Gasteiger partial charge is 0.256 e. The number of fused-ring (bicyclic) bond motifs is 9. The van der Waals surface area contributed by atoms with Crippen LogP contribution in [-0.2, 0) is 5.41 Å². The number of hydrogen-bond acceptors (Lipinski definition) is 6. The molecule has 326 valence electrons. The van der Waals surface area contributed by atoms with Gasteiger partial charge in [0.2, 0.25) is 0 Å². The number of rotatable bonds is 6. The van der Waals surface area contributed by atoms with Gasteiger partial charge in [-0.15, -0.1) is 0 Å². The third kappa shape index (κ3) is 6.47. The van der Waals surface area contributed by atoms with Gasteiger partial charge in [0.1, 0.15) is 0 Å². The first-order valence-corrected chi connectivity index (χ1v) is 23.5. The first kappa shape index (κ1) is 40.5. The van der Waals surface area contributed by atoms with E-state index in [0.29, 0.717) is 0 Å². The Morgan fingerprint density at radius 1 is 0.319 bits per heavy atom. The summed E-state index contributed by atoms with van der Waals surface area (Å²) in [4.78, 5) is 30.3. The molecule has 0 bridgehead atoms. The van der Waals surface area contributed by atoms with Crippen LogP contribution < -0.4 is 0 Å². The quantitative estimate of drug-likeness (QED) is 0.155. The number of pyridine rings is 6. The summed E-state index contributed by atoms with van der Waals surface area (Å²) in [7, 11) is 0. The fourth-order valence-corrected chi connectivity index (χ4v) is 10.9.